The molecule has 0 spiro atoms. The van der Waals surface area contributed by atoms with Gasteiger partial charge in [-0.15, -0.1) is 0 Å². The molecule has 0 aliphatic heterocycles. The Kier molecular flexibility index (Phi) is 11.9. The summed E-state index contributed by atoms with van der Waals surface area (Å²) in [6.45, 7) is 1.40. The second-order valence-corrected chi connectivity index (χ2v) is 9.81. The third kappa shape index (κ3) is 9.94. The molecule has 0 aliphatic carbocycles. The maximum absolute atomic E-state index is 13.1. The third-order valence-electron chi connectivity index (χ3n) is 5.72. The Hall–Kier alpha value is -3.77. The first-order chi connectivity index (χ1) is 18.0. The van der Waals surface area contributed by atoms with Crippen LogP contribution in [0.1, 0.15) is 24.5 Å². The van der Waals surface area contributed by atoms with E-state index in [1.807, 2.05) is 6.26 Å². The molecule has 2 aromatic carbocycles. The molecule has 0 fully saturated rings. The number of carbonyl (C=O) groups is 4. The van der Waals surface area contributed by atoms with Gasteiger partial charge >= 0.3 is 5.97 Å². The van der Waals surface area contributed by atoms with Gasteiger partial charge in [0.2, 0.25) is 17.7 Å². The van der Waals surface area contributed by atoms with Crippen molar-refractivity contribution in [1.82, 2.24) is 16.0 Å². The molecule has 206 valence electrons. The van der Waals surface area contributed by atoms with Crippen molar-refractivity contribution in [3.63, 3.8) is 0 Å². The molecule has 12 heteroatoms. The number of amides is 3. The topological polar surface area (TPSA) is 191 Å². The Morgan fingerprint density at radius 1 is 0.789 bits per heavy atom. The van der Waals surface area contributed by atoms with E-state index in [4.69, 9.17) is 5.73 Å². The molecule has 0 saturated heterocycles. The van der Waals surface area contributed by atoms with Crippen LogP contribution in [0.25, 0.3) is 0 Å². The summed E-state index contributed by atoms with van der Waals surface area (Å²) >= 11 is 1.54. The fraction of sp³-hybridized carbons (Fsp3) is 0.385. The molecule has 0 heterocycles. The lowest BCUT2D eigenvalue weighted by Gasteiger charge is -2.24. The third-order valence-corrected chi connectivity index (χ3v) is 6.37. The Labute approximate surface area is 225 Å². The summed E-state index contributed by atoms with van der Waals surface area (Å²) in [7, 11) is 0. The first-order valence-corrected chi connectivity index (χ1v) is 13.3. The van der Waals surface area contributed by atoms with Crippen LogP contribution in [0, 0.1) is 0 Å². The minimum Gasteiger partial charge on any atom is -0.508 e. The normalized spacial score (nSPS) is 14.0. The quantitative estimate of drug-likeness (QED) is 0.177. The molecule has 0 aliphatic rings. The van der Waals surface area contributed by atoms with E-state index in [1.165, 1.54) is 43.0 Å². The summed E-state index contributed by atoms with van der Waals surface area (Å²) in [5.41, 5.74) is 7.18. The smallest absolute Gasteiger partial charge is 0.326 e. The molecule has 2 aromatic rings. The number of aromatic hydroxyl groups is 2. The number of benzene rings is 2. The predicted molar refractivity (Wildman–Crippen MR) is 144 cm³/mol. The standard InChI is InChI=1S/C26H34N4O7S/c1-15(23(33)30-22(26(36)37)14-17-5-9-19(32)10-6-17)28-25(35)21(13-16-3-7-18(31)8-4-16)29-24(34)20(27)11-12-38-2/h3-10,15,20-22,31-32H,11-14,27H2,1-2H3,(H,28,35)(H,29,34)(H,30,33)(H,36,37). The lowest BCUT2D eigenvalue weighted by Crippen LogP contribution is -2.57. The molecule has 11 nitrogen and oxygen atoms in total. The van der Waals surface area contributed by atoms with Gasteiger partial charge in [-0.1, -0.05) is 24.3 Å². The molecular formula is C26H34N4O7S. The number of rotatable bonds is 14. The highest BCUT2D eigenvalue weighted by Gasteiger charge is 2.28. The van der Waals surface area contributed by atoms with Gasteiger partial charge in [-0.3, -0.25) is 14.4 Å². The Morgan fingerprint density at radius 3 is 1.74 bits per heavy atom. The number of phenols is 2. The number of hydrogen-bond acceptors (Lipinski definition) is 8. The van der Waals surface area contributed by atoms with Crippen LogP contribution in [-0.2, 0) is 32.0 Å². The van der Waals surface area contributed by atoms with Crippen LogP contribution in [0.3, 0.4) is 0 Å². The molecule has 8 N–H and O–H groups in total. The minimum absolute atomic E-state index is 0.0279. The van der Waals surface area contributed by atoms with E-state index in [0.29, 0.717) is 23.3 Å². The lowest BCUT2D eigenvalue weighted by atomic mass is 10.0. The largest absolute Gasteiger partial charge is 0.508 e. The summed E-state index contributed by atoms with van der Waals surface area (Å²) in [5, 5.41) is 36.1. The molecular weight excluding hydrogens is 512 g/mol. The van der Waals surface area contributed by atoms with Crippen molar-refractivity contribution in [2.45, 2.75) is 50.4 Å². The first kappa shape index (κ1) is 30.5. The van der Waals surface area contributed by atoms with Gasteiger partial charge in [0.1, 0.15) is 29.6 Å². The molecule has 0 saturated carbocycles. The highest BCUT2D eigenvalue weighted by atomic mass is 32.2. The molecule has 2 rings (SSSR count). The van der Waals surface area contributed by atoms with Crippen LogP contribution in [0.15, 0.2) is 48.5 Å². The summed E-state index contributed by atoms with van der Waals surface area (Å²) in [6, 6.07) is 7.73. The van der Waals surface area contributed by atoms with E-state index < -0.39 is 47.9 Å². The zero-order valence-corrected chi connectivity index (χ0v) is 22.0. The van der Waals surface area contributed by atoms with Gasteiger partial charge in [0.05, 0.1) is 6.04 Å². The number of nitrogens with one attached hydrogen (secondary N) is 3. The zero-order chi connectivity index (χ0) is 28.2. The average molecular weight is 547 g/mol. The molecule has 4 unspecified atom stereocenters. The molecule has 4 atom stereocenters. The SMILES string of the molecule is CSCCC(N)C(=O)NC(Cc1ccc(O)cc1)C(=O)NC(C)C(=O)NC(Cc1ccc(O)cc1)C(=O)O. The van der Waals surface area contributed by atoms with Gasteiger partial charge in [0, 0.05) is 12.8 Å². The number of nitrogens with two attached hydrogens (primary N) is 1. The molecule has 0 aromatic heterocycles. The van der Waals surface area contributed by atoms with Crippen molar-refractivity contribution in [2.24, 2.45) is 5.73 Å². The van der Waals surface area contributed by atoms with E-state index in [-0.39, 0.29) is 24.3 Å². The summed E-state index contributed by atoms with van der Waals surface area (Å²) in [6.07, 6.45) is 2.34. The van der Waals surface area contributed by atoms with E-state index >= 15 is 0 Å². The zero-order valence-electron chi connectivity index (χ0n) is 21.2. The van der Waals surface area contributed by atoms with Crippen molar-refractivity contribution < 1.29 is 34.5 Å². The van der Waals surface area contributed by atoms with E-state index in [9.17, 15) is 34.5 Å². The van der Waals surface area contributed by atoms with E-state index in [0.717, 1.165) is 0 Å². The maximum Gasteiger partial charge on any atom is 0.326 e. The Morgan fingerprint density at radius 2 is 1.26 bits per heavy atom. The average Bonchev–Trinajstić information content (AvgIpc) is 2.88. The summed E-state index contributed by atoms with van der Waals surface area (Å²) in [4.78, 5) is 50.2. The van der Waals surface area contributed by atoms with E-state index in [2.05, 4.69) is 16.0 Å². The number of carbonyl (C=O) groups excluding carboxylic acids is 3. The fourth-order valence-electron chi connectivity index (χ4n) is 3.48. The van der Waals surface area contributed by atoms with E-state index in [1.54, 1.807) is 24.3 Å². The number of carboxylic acids is 1. The molecule has 0 bridgehead atoms. The highest BCUT2D eigenvalue weighted by molar-refractivity contribution is 7.98. The van der Waals surface area contributed by atoms with Crippen molar-refractivity contribution in [1.29, 1.82) is 0 Å². The molecule has 3 amide bonds. The first-order valence-electron chi connectivity index (χ1n) is 11.9. The fourth-order valence-corrected chi connectivity index (χ4v) is 3.97. The van der Waals surface area contributed by atoms with Gasteiger partial charge in [0.15, 0.2) is 0 Å². The van der Waals surface area contributed by atoms with Crippen molar-refractivity contribution in [3.8, 4) is 11.5 Å². The maximum atomic E-state index is 13.1. The highest BCUT2D eigenvalue weighted by Crippen LogP contribution is 2.13. The van der Waals surface area contributed by atoms with Crippen LogP contribution in [-0.4, -0.2) is 75.2 Å². The van der Waals surface area contributed by atoms with Crippen LogP contribution in [0.5, 0.6) is 11.5 Å². The summed E-state index contributed by atoms with van der Waals surface area (Å²) in [5.74, 6) is -2.43. The predicted octanol–water partition coefficient (Wildman–Crippen LogP) is 0.522. The molecule has 0 radical (unpaired) electrons. The monoisotopic (exact) mass is 546 g/mol. The molecule has 38 heavy (non-hydrogen) atoms. The van der Waals surface area contributed by atoms with Crippen molar-refractivity contribution >= 4 is 35.5 Å². The van der Waals surface area contributed by atoms with Crippen LogP contribution < -0.4 is 21.7 Å². The second kappa shape index (κ2) is 14.8. The second-order valence-electron chi connectivity index (χ2n) is 8.82. The van der Waals surface area contributed by atoms with Crippen molar-refractivity contribution in [3.05, 3.63) is 59.7 Å². The lowest BCUT2D eigenvalue weighted by molar-refractivity contribution is -0.142. The number of aliphatic carboxylic acids is 1. The van der Waals surface area contributed by atoms with Gasteiger partial charge in [0.25, 0.3) is 0 Å². The van der Waals surface area contributed by atoms with Crippen LogP contribution in [0.2, 0.25) is 0 Å². The number of thioether (sulfide) groups is 1. The van der Waals surface area contributed by atoms with Gasteiger partial charge in [-0.25, -0.2) is 4.79 Å². The van der Waals surface area contributed by atoms with Crippen LogP contribution in [0.4, 0.5) is 0 Å². The number of carboxylic acid groups (broad SMARTS) is 1. The van der Waals surface area contributed by atoms with Crippen LogP contribution >= 0.6 is 11.8 Å². The van der Waals surface area contributed by atoms with Gasteiger partial charge < -0.3 is 37.0 Å². The summed E-state index contributed by atoms with van der Waals surface area (Å²) < 4.78 is 0. The van der Waals surface area contributed by atoms with Gasteiger partial charge in [-0.05, 0) is 60.7 Å². The number of phenolic OH excluding ortho intramolecular Hbond substituents is 2. The Bertz CT molecular complexity index is 1100. The van der Waals surface area contributed by atoms with Gasteiger partial charge in [-0.2, -0.15) is 11.8 Å². The number of hydrogen-bond donors (Lipinski definition) is 7. The van der Waals surface area contributed by atoms with Crippen molar-refractivity contribution in [2.75, 3.05) is 12.0 Å². The Balaban J connectivity index is 2.08. The minimum atomic E-state index is -1.27.